The van der Waals surface area contributed by atoms with Gasteiger partial charge in [0.05, 0.1) is 0 Å². The van der Waals surface area contributed by atoms with Crippen molar-refractivity contribution >= 4 is 11.6 Å². The van der Waals surface area contributed by atoms with E-state index in [9.17, 15) is 0 Å². The summed E-state index contributed by atoms with van der Waals surface area (Å²) in [5, 5.41) is 0.373. The molecule has 2 rings (SSSR count). The Morgan fingerprint density at radius 2 is 1.73 bits per heavy atom. The van der Waals surface area contributed by atoms with Crippen LogP contribution in [0.15, 0.2) is 30.3 Å². The molecule has 0 heterocycles. The molecule has 0 unspecified atom stereocenters. The molecule has 1 aliphatic rings. The van der Waals surface area contributed by atoms with E-state index in [1.807, 2.05) is 6.07 Å². The summed E-state index contributed by atoms with van der Waals surface area (Å²) in [6.07, 6.45) is 0. The second kappa shape index (κ2) is 2.53. The van der Waals surface area contributed by atoms with Crippen LogP contribution >= 0.6 is 11.6 Å². The van der Waals surface area contributed by atoms with Gasteiger partial charge in [-0.15, -0.1) is 11.6 Å². The molecule has 1 aromatic carbocycles. The summed E-state index contributed by atoms with van der Waals surface area (Å²) < 4.78 is 0. The Labute approximate surface area is 72.2 Å². The van der Waals surface area contributed by atoms with Crippen molar-refractivity contribution in [2.75, 3.05) is 0 Å². The summed E-state index contributed by atoms with van der Waals surface area (Å²) in [7, 11) is 0. The van der Waals surface area contributed by atoms with Crippen LogP contribution in [-0.2, 0) is 0 Å². The predicted molar refractivity (Wildman–Crippen MR) is 48.0 cm³/mol. The van der Waals surface area contributed by atoms with Crippen LogP contribution < -0.4 is 0 Å². The molecule has 1 saturated carbocycles. The first-order valence-corrected chi connectivity index (χ1v) is 4.43. The molecule has 1 aliphatic carbocycles. The fourth-order valence-electron chi connectivity index (χ4n) is 1.58. The zero-order chi connectivity index (χ0) is 7.84. The highest BCUT2D eigenvalue weighted by Crippen LogP contribution is 2.51. The van der Waals surface area contributed by atoms with Crippen LogP contribution in [-0.4, -0.2) is 5.38 Å². The standard InChI is InChI=1S/C10H11Cl/c1-7-9(10(7)11)8-5-3-2-4-6-8/h2-7,9-10H,1H3/t7-,9+,10+/m1/s1. The molecule has 0 aromatic heterocycles. The molecule has 3 atom stereocenters. The predicted octanol–water partition coefficient (Wildman–Crippen LogP) is 3.03. The van der Waals surface area contributed by atoms with Gasteiger partial charge >= 0.3 is 0 Å². The van der Waals surface area contributed by atoms with Crippen molar-refractivity contribution in [3.8, 4) is 0 Å². The van der Waals surface area contributed by atoms with Crippen LogP contribution in [0.1, 0.15) is 18.4 Å². The number of rotatable bonds is 1. The topological polar surface area (TPSA) is 0 Å². The molecule has 58 valence electrons. The second-order valence-electron chi connectivity index (χ2n) is 3.24. The van der Waals surface area contributed by atoms with Crippen LogP contribution in [0.2, 0.25) is 0 Å². The minimum absolute atomic E-state index is 0.373. The van der Waals surface area contributed by atoms with E-state index in [4.69, 9.17) is 11.6 Å². The maximum atomic E-state index is 6.04. The highest BCUT2D eigenvalue weighted by Gasteiger charge is 2.45. The van der Waals surface area contributed by atoms with Gasteiger partial charge in [-0.2, -0.15) is 0 Å². The Morgan fingerprint density at radius 3 is 2.18 bits per heavy atom. The van der Waals surface area contributed by atoms with Crippen LogP contribution in [0.5, 0.6) is 0 Å². The zero-order valence-electron chi connectivity index (χ0n) is 6.50. The molecule has 0 nitrogen and oxygen atoms in total. The van der Waals surface area contributed by atoms with Crippen molar-refractivity contribution in [1.29, 1.82) is 0 Å². The average Bonchev–Trinajstić information content (AvgIpc) is 2.62. The maximum Gasteiger partial charge on any atom is 0.0439 e. The summed E-state index contributed by atoms with van der Waals surface area (Å²) in [5.74, 6) is 1.27. The summed E-state index contributed by atoms with van der Waals surface area (Å²) >= 11 is 6.04. The van der Waals surface area contributed by atoms with Gasteiger partial charge in [0.2, 0.25) is 0 Å². The first-order valence-electron chi connectivity index (χ1n) is 3.99. The van der Waals surface area contributed by atoms with E-state index in [2.05, 4.69) is 31.2 Å². The smallest absolute Gasteiger partial charge is 0.0439 e. The maximum absolute atomic E-state index is 6.04. The molecule has 1 aromatic rings. The molecule has 1 heteroatoms. The lowest BCUT2D eigenvalue weighted by Crippen LogP contribution is -1.79. The van der Waals surface area contributed by atoms with Crippen molar-refractivity contribution in [3.63, 3.8) is 0 Å². The Kier molecular flexibility index (Phi) is 1.65. The molecular formula is C10H11Cl. The van der Waals surface area contributed by atoms with E-state index >= 15 is 0 Å². The number of hydrogen-bond donors (Lipinski definition) is 0. The van der Waals surface area contributed by atoms with Crippen LogP contribution in [0.3, 0.4) is 0 Å². The van der Waals surface area contributed by atoms with Crippen LogP contribution in [0.4, 0.5) is 0 Å². The van der Waals surface area contributed by atoms with Gasteiger partial charge in [-0.05, 0) is 11.5 Å². The Balaban J connectivity index is 2.20. The molecule has 0 bridgehead atoms. The lowest BCUT2D eigenvalue weighted by atomic mass is 10.1. The van der Waals surface area contributed by atoms with Crippen molar-refractivity contribution in [1.82, 2.24) is 0 Å². The molecular weight excluding hydrogens is 156 g/mol. The van der Waals surface area contributed by atoms with Gasteiger partial charge in [-0.3, -0.25) is 0 Å². The largest absolute Gasteiger partial charge is 0.122 e. The normalized spacial score (nSPS) is 35.3. The summed E-state index contributed by atoms with van der Waals surface area (Å²) in [4.78, 5) is 0. The average molecular weight is 167 g/mol. The molecule has 0 N–H and O–H groups in total. The van der Waals surface area contributed by atoms with Gasteiger partial charge in [0, 0.05) is 11.3 Å². The van der Waals surface area contributed by atoms with Gasteiger partial charge < -0.3 is 0 Å². The third kappa shape index (κ3) is 1.16. The number of halogens is 1. The Bertz CT molecular complexity index is 234. The van der Waals surface area contributed by atoms with Gasteiger partial charge in [-0.1, -0.05) is 37.3 Å². The van der Waals surface area contributed by atoms with Gasteiger partial charge in [0.1, 0.15) is 0 Å². The molecule has 0 saturated heterocycles. The first-order chi connectivity index (χ1) is 5.30. The van der Waals surface area contributed by atoms with E-state index in [0.717, 1.165) is 0 Å². The van der Waals surface area contributed by atoms with Crippen LogP contribution in [0, 0.1) is 5.92 Å². The first kappa shape index (κ1) is 7.17. The molecule has 0 amide bonds. The summed E-state index contributed by atoms with van der Waals surface area (Å²) in [6, 6.07) is 10.5. The highest BCUT2D eigenvalue weighted by molar-refractivity contribution is 6.23. The second-order valence-corrected chi connectivity index (χ2v) is 3.74. The summed E-state index contributed by atoms with van der Waals surface area (Å²) in [6.45, 7) is 2.20. The number of alkyl halides is 1. The molecule has 0 spiro atoms. The minimum Gasteiger partial charge on any atom is -0.122 e. The van der Waals surface area contributed by atoms with Gasteiger partial charge in [0.25, 0.3) is 0 Å². The lowest BCUT2D eigenvalue weighted by Gasteiger charge is -1.94. The SMILES string of the molecule is C[C@H]1[C@H](Cl)[C@@H]1c1ccccc1. The monoisotopic (exact) mass is 166 g/mol. The molecule has 0 radical (unpaired) electrons. The Hall–Kier alpha value is -0.490. The third-order valence-corrected chi connectivity index (χ3v) is 3.12. The van der Waals surface area contributed by atoms with Crippen molar-refractivity contribution in [3.05, 3.63) is 35.9 Å². The highest BCUT2D eigenvalue weighted by atomic mass is 35.5. The third-order valence-electron chi connectivity index (χ3n) is 2.46. The van der Waals surface area contributed by atoms with E-state index < -0.39 is 0 Å². The fourth-order valence-corrected chi connectivity index (χ4v) is 2.02. The quantitative estimate of drug-likeness (QED) is 0.563. The van der Waals surface area contributed by atoms with Gasteiger partial charge in [-0.25, -0.2) is 0 Å². The molecule has 11 heavy (non-hydrogen) atoms. The van der Waals surface area contributed by atoms with Gasteiger partial charge in [0.15, 0.2) is 0 Å². The summed E-state index contributed by atoms with van der Waals surface area (Å²) in [5.41, 5.74) is 1.39. The van der Waals surface area contributed by atoms with E-state index in [1.54, 1.807) is 0 Å². The minimum atomic E-state index is 0.373. The Morgan fingerprint density at radius 1 is 1.18 bits per heavy atom. The number of hydrogen-bond acceptors (Lipinski definition) is 0. The van der Waals surface area contributed by atoms with E-state index in [-0.39, 0.29) is 0 Å². The van der Waals surface area contributed by atoms with E-state index in [1.165, 1.54) is 5.56 Å². The zero-order valence-corrected chi connectivity index (χ0v) is 7.25. The number of benzene rings is 1. The molecule has 1 fully saturated rings. The fraction of sp³-hybridized carbons (Fsp3) is 0.400. The van der Waals surface area contributed by atoms with Crippen molar-refractivity contribution < 1.29 is 0 Å². The van der Waals surface area contributed by atoms with E-state index in [0.29, 0.717) is 17.2 Å². The van der Waals surface area contributed by atoms with Crippen molar-refractivity contribution in [2.45, 2.75) is 18.2 Å². The van der Waals surface area contributed by atoms with Crippen LogP contribution in [0.25, 0.3) is 0 Å². The lowest BCUT2D eigenvalue weighted by molar-refractivity contribution is 0.915. The van der Waals surface area contributed by atoms with Crippen molar-refractivity contribution in [2.24, 2.45) is 5.92 Å². The molecule has 0 aliphatic heterocycles.